The van der Waals surface area contributed by atoms with Crippen molar-refractivity contribution in [3.63, 3.8) is 0 Å². The zero-order valence-electron chi connectivity index (χ0n) is 12.4. The van der Waals surface area contributed by atoms with E-state index in [2.05, 4.69) is 58.7 Å². The van der Waals surface area contributed by atoms with Crippen LogP contribution < -0.4 is 10.1 Å². The van der Waals surface area contributed by atoms with Gasteiger partial charge in [0, 0.05) is 21.8 Å². The van der Waals surface area contributed by atoms with Gasteiger partial charge in [-0.2, -0.15) is 0 Å². The predicted molar refractivity (Wildman–Crippen MR) is 92.5 cm³/mol. The highest BCUT2D eigenvalue weighted by Crippen LogP contribution is 2.36. The van der Waals surface area contributed by atoms with Crippen LogP contribution in [0.3, 0.4) is 0 Å². The number of hydrogen-bond acceptors (Lipinski definition) is 3. The monoisotopic (exact) mass is 365 g/mol. The van der Waals surface area contributed by atoms with Gasteiger partial charge < -0.3 is 10.1 Å². The molecule has 1 aliphatic rings. The van der Waals surface area contributed by atoms with E-state index in [9.17, 15) is 0 Å². The lowest BCUT2D eigenvalue weighted by Crippen LogP contribution is -2.23. The number of ether oxygens (including phenoxy) is 1. The summed E-state index contributed by atoms with van der Waals surface area (Å²) in [5.41, 5.74) is 4.01. The SMILES string of the molecule is CCNC(Cc1cc(Br)cc2c1OCC2)c1sccc1C. The van der Waals surface area contributed by atoms with Crippen LogP contribution in [0.25, 0.3) is 0 Å². The van der Waals surface area contributed by atoms with E-state index >= 15 is 0 Å². The summed E-state index contributed by atoms with van der Waals surface area (Å²) in [6, 6.07) is 6.95. The lowest BCUT2D eigenvalue weighted by Gasteiger charge is -2.19. The molecule has 21 heavy (non-hydrogen) atoms. The Balaban J connectivity index is 1.92. The van der Waals surface area contributed by atoms with Crippen LogP contribution in [0.2, 0.25) is 0 Å². The molecule has 0 spiro atoms. The molecule has 1 unspecified atom stereocenters. The highest BCUT2D eigenvalue weighted by molar-refractivity contribution is 9.10. The fraction of sp³-hybridized carbons (Fsp3) is 0.412. The van der Waals surface area contributed by atoms with Crippen LogP contribution in [0, 0.1) is 6.92 Å². The van der Waals surface area contributed by atoms with Crippen LogP contribution in [-0.2, 0) is 12.8 Å². The van der Waals surface area contributed by atoms with Crippen LogP contribution in [0.1, 0.15) is 34.5 Å². The first kappa shape index (κ1) is 15.1. The Morgan fingerprint density at radius 1 is 1.43 bits per heavy atom. The van der Waals surface area contributed by atoms with Gasteiger partial charge in [0.25, 0.3) is 0 Å². The van der Waals surface area contributed by atoms with Crippen LogP contribution in [0.4, 0.5) is 0 Å². The third kappa shape index (κ3) is 3.17. The molecule has 2 nitrogen and oxygen atoms in total. The fourth-order valence-corrected chi connectivity index (χ4v) is 4.52. The molecule has 4 heteroatoms. The van der Waals surface area contributed by atoms with Gasteiger partial charge in [0.05, 0.1) is 6.61 Å². The highest BCUT2D eigenvalue weighted by Gasteiger charge is 2.22. The van der Waals surface area contributed by atoms with E-state index in [0.717, 1.165) is 36.2 Å². The standard InChI is InChI=1S/C17H20BrNOS/c1-3-19-15(17-11(2)5-7-21-17)10-13-9-14(18)8-12-4-6-20-16(12)13/h5,7-9,15,19H,3-4,6,10H2,1-2H3. The van der Waals surface area contributed by atoms with Crippen LogP contribution >= 0.6 is 27.3 Å². The summed E-state index contributed by atoms with van der Waals surface area (Å²) in [5.74, 6) is 1.11. The molecular formula is C17H20BrNOS. The van der Waals surface area contributed by atoms with Gasteiger partial charge in [-0.3, -0.25) is 0 Å². The summed E-state index contributed by atoms with van der Waals surface area (Å²) in [5, 5.41) is 5.80. The smallest absolute Gasteiger partial charge is 0.125 e. The van der Waals surface area contributed by atoms with Crippen molar-refractivity contribution in [3.05, 3.63) is 49.6 Å². The van der Waals surface area contributed by atoms with Gasteiger partial charge in [0.15, 0.2) is 0 Å². The number of likely N-dealkylation sites (N-methyl/N-ethyl adjacent to an activating group) is 1. The van der Waals surface area contributed by atoms with E-state index in [-0.39, 0.29) is 0 Å². The second-order valence-corrected chi connectivity index (χ2v) is 7.30. The van der Waals surface area contributed by atoms with E-state index in [4.69, 9.17) is 4.74 Å². The second-order valence-electron chi connectivity index (χ2n) is 5.43. The number of thiophene rings is 1. The molecule has 0 amide bonds. The minimum Gasteiger partial charge on any atom is -0.493 e. The van der Waals surface area contributed by atoms with E-state index in [1.54, 1.807) is 0 Å². The summed E-state index contributed by atoms with van der Waals surface area (Å²) < 4.78 is 7.02. The largest absolute Gasteiger partial charge is 0.493 e. The van der Waals surface area contributed by atoms with Crippen molar-refractivity contribution in [2.45, 2.75) is 32.7 Å². The molecule has 0 aliphatic carbocycles. The number of fused-ring (bicyclic) bond motifs is 1. The van der Waals surface area contributed by atoms with Crippen LogP contribution in [-0.4, -0.2) is 13.2 Å². The van der Waals surface area contributed by atoms with E-state index in [1.165, 1.54) is 21.6 Å². The van der Waals surface area contributed by atoms with Gasteiger partial charge in [-0.1, -0.05) is 22.9 Å². The van der Waals surface area contributed by atoms with Gasteiger partial charge in [0.2, 0.25) is 0 Å². The average Bonchev–Trinajstić information content (AvgIpc) is 3.06. The maximum absolute atomic E-state index is 5.87. The molecule has 1 N–H and O–H groups in total. The Morgan fingerprint density at radius 3 is 3.00 bits per heavy atom. The molecule has 112 valence electrons. The second kappa shape index (κ2) is 6.51. The normalized spacial score (nSPS) is 14.8. The zero-order chi connectivity index (χ0) is 14.8. The van der Waals surface area contributed by atoms with Crippen LogP contribution in [0.15, 0.2) is 28.1 Å². The van der Waals surface area contributed by atoms with Crippen molar-refractivity contribution in [2.24, 2.45) is 0 Å². The van der Waals surface area contributed by atoms with Crippen molar-refractivity contribution in [3.8, 4) is 5.75 Å². The molecular weight excluding hydrogens is 346 g/mol. The first-order valence-electron chi connectivity index (χ1n) is 7.40. The number of benzene rings is 1. The van der Waals surface area contributed by atoms with Crippen molar-refractivity contribution < 1.29 is 4.74 Å². The Labute approximate surface area is 138 Å². The zero-order valence-corrected chi connectivity index (χ0v) is 14.8. The molecule has 2 heterocycles. The van der Waals surface area contributed by atoms with Gasteiger partial charge in [0.1, 0.15) is 5.75 Å². The van der Waals surface area contributed by atoms with Crippen molar-refractivity contribution in [1.82, 2.24) is 5.32 Å². The molecule has 0 fully saturated rings. The molecule has 1 atom stereocenters. The average molecular weight is 366 g/mol. The number of aryl methyl sites for hydroxylation is 1. The summed E-state index contributed by atoms with van der Waals surface area (Å²) >= 11 is 5.47. The van der Waals surface area contributed by atoms with Gasteiger partial charge in [-0.15, -0.1) is 11.3 Å². The maximum Gasteiger partial charge on any atom is 0.125 e. The van der Waals surface area contributed by atoms with Gasteiger partial charge >= 0.3 is 0 Å². The molecule has 3 rings (SSSR count). The first-order valence-corrected chi connectivity index (χ1v) is 9.07. The molecule has 0 saturated heterocycles. The van der Waals surface area contributed by atoms with Gasteiger partial charge in [-0.05, 0) is 60.2 Å². The number of rotatable bonds is 5. The Bertz CT molecular complexity index is 638. The van der Waals surface area contributed by atoms with Crippen molar-refractivity contribution in [1.29, 1.82) is 0 Å². The number of hydrogen-bond donors (Lipinski definition) is 1. The molecule has 0 radical (unpaired) electrons. The third-order valence-corrected chi connectivity index (χ3v) is 5.51. The molecule has 1 aromatic carbocycles. The summed E-state index contributed by atoms with van der Waals surface area (Å²) in [4.78, 5) is 1.43. The highest BCUT2D eigenvalue weighted by atomic mass is 79.9. The predicted octanol–water partition coefficient (Wildman–Crippen LogP) is 4.65. The number of nitrogens with one attached hydrogen (secondary N) is 1. The van der Waals surface area contributed by atoms with E-state index in [1.807, 2.05) is 11.3 Å². The Hall–Kier alpha value is -0.840. The molecule has 0 bridgehead atoms. The Morgan fingerprint density at radius 2 is 2.29 bits per heavy atom. The third-order valence-electron chi connectivity index (χ3n) is 3.92. The molecule has 0 saturated carbocycles. The van der Waals surface area contributed by atoms with Crippen LogP contribution in [0.5, 0.6) is 5.75 Å². The molecule has 1 aromatic heterocycles. The topological polar surface area (TPSA) is 21.3 Å². The minimum absolute atomic E-state index is 0.359. The Kier molecular flexibility index (Phi) is 4.67. The summed E-state index contributed by atoms with van der Waals surface area (Å²) in [7, 11) is 0. The molecule has 1 aliphatic heterocycles. The quantitative estimate of drug-likeness (QED) is 0.832. The van der Waals surface area contributed by atoms with Crippen molar-refractivity contribution in [2.75, 3.05) is 13.2 Å². The van der Waals surface area contributed by atoms with Crippen molar-refractivity contribution >= 4 is 27.3 Å². The summed E-state index contributed by atoms with van der Waals surface area (Å²) in [6.45, 7) is 6.14. The van der Waals surface area contributed by atoms with Gasteiger partial charge in [-0.25, -0.2) is 0 Å². The van der Waals surface area contributed by atoms with E-state index in [0.29, 0.717) is 6.04 Å². The molecule has 2 aromatic rings. The minimum atomic E-state index is 0.359. The maximum atomic E-state index is 5.87. The first-order chi connectivity index (χ1) is 10.2. The summed E-state index contributed by atoms with van der Waals surface area (Å²) in [6.07, 6.45) is 1.99. The fourth-order valence-electron chi connectivity index (χ4n) is 2.96. The lowest BCUT2D eigenvalue weighted by molar-refractivity contribution is 0.351. The van der Waals surface area contributed by atoms with E-state index < -0.39 is 0 Å². The lowest BCUT2D eigenvalue weighted by atomic mass is 9.99. The number of halogens is 1.